The van der Waals surface area contributed by atoms with Gasteiger partial charge in [-0.3, -0.25) is 4.79 Å². The lowest BCUT2D eigenvalue weighted by Gasteiger charge is -2.23. The Kier molecular flexibility index (Phi) is 4.22. The number of benzene rings is 1. The largest absolute Gasteiger partial charge is 0.461 e. The van der Waals surface area contributed by atoms with Crippen molar-refractivity contribution in [2.75, 3.05) is 13.2 Å². The maximum Gasteiger partial charge on any atom is 0.323 e. The summed E-state index contributed by atoms with van der Waals surface area (Å²) in [6.07, 6.45) is 3.84. The van der Waals surface area contributed by atoms with Gasteiger partial charge in [-0.05, 0) is 11.6 Å². The summed E-state index contributed by atoms with van der Waals surface area (Å²) in [5, 5.41) is 1.10. The van der Waals surface area contributed by atoms with Crippen LogP contribution in [0.15, 0.2) is 30.5 Å². The Morgan fingerprint density at radius 3 is 2.95 bits per heavy atom. The molecule has 2 aromatic rings. The number of hydrogen-bond donors (Lipinski definition) is 2. The minimum Gasteiger partial charge on any atom is -0.461 e. The lowest BCUT2D eigenvalue weighted by Crippen LogP contribution is -2.38. The molecule has 3 N–H and O–H groups in total. The van der Waals surface area contributed by atoms with Gasteiger partial charge in [0.2, 0.25) is 0 Å². The molecule has 1 aliphatic rings. The van der Waals surface area contributed by atoms with Crippen LogP contribution < -0.4 is 5.73 Å². The van der Waals surface area contributed by atoms with Crippen LogP contribution in [0.5, 0.6) is 0 Å². The first-order valence-electron chi connectivity index (χ1n) is 7.33. The number of nitrogens with one attached hydrogen (secondary N) is 1. The van der Waals surface area contributed by atoms with E-state index in [2.05, 4.69) is 4.98 Å². The third-order valence-electron chi connectivity index (χ3n) is 3.87. The van der Waals surface area contributed by atoms with Gasteiger partial charge in [-0.2, -0.15) is 0 Å². The third-order valence-corrected chi connectivity index (χ3v) is 3.87. The fourth-order valence-electron chi connectivity index (χ4n) is 2.67. The highest BCUT2D eigenvalue weighted by molar-refractivity contribution is 5.84. The average Bonchev–Trinajstić information content (AvgIpc) is 2.91. The van der Waals surface area contributed by atoms with Gasteiger partial charge in [-0.25, -0.2) is 0 Å². The first-order chi connectivity index (χ1) is 10.2. The molecule has 2 heterocycles. The van der Waals surface area contributed by atoms with Gasteiger partial charge in [0, 0.05) is 36.4 Å². The normalized spacial score (nSPS) is 17.8. The molecule has 1 aliphatic heterocycles. The van der Waals surface area contributed by atoms with E-state index in [-0.39, 0.29) is 12.1 Å². The van der Waals surface area contributed by atoms with Crippen LogP contribution in [-0.2, 0) is 20.7 Å². The molecular weight excluding hydrogens is 268 g/mol. The van der Waals surface area contributed by atoms with E-state index >= 15 is 0 Å². The van der Waals surface area contributed by atoms with E-state index in [0.29, 0.717) is 19.6 Å². The molecule has 112 valence electrons. The number of fused-ring (bicyclic) bond motifs is 1. The summed E-state index contributed by atoms with van der Waals surface area (Å²) in [6.45, 7) is 1.30. The van der Waals surface area contributed by atoms with Crippen LogP contribution in [0.1, 0.15) is 18.4 Å². The average molecular weight is 288 g/mol. The van der Waals surface area contributed by atoms with Crippen LogP contribution in [0.3, 0.4) is 0 Å². The van der Waals surface area contributed by atoms with E-state index < -0.39 is 6.04 Å². The number of carbonyl (C=O) groups excluding carboxylic acids is 1. The van der Waals surface area contributed by atoms with Crippen molar-refractivity contribution in [2.24, 2.45) is 5.73 Å². The van der Waals surface area contributed by atoms with Crippen molar-refractivity contribution >= 4 is 16.9 Å². The smallest absolute Gasteiger partial charge is 0.323 e. The maximum atomic E-state index is 12.1. The van der Waals surface area contributed by atoms with Crippen molar-refractivity contribution in [3.8, 4) is 0 Å². The number of esters is 1. The van der Waals surface area contributed by atoms with Crippen LogP contribution in [0.4, 0.5) is 0 Å². The molecule has 1 saturated heterocycles. The SMILES string of the molecule is NC(Cc1c[nH]c2ccccc12)C(=O)OC1CCOCC1. The van der Waals surface area contributed by atoms with Gasteiger partial charge in [0.1, 0.15) is 12.1 Å². The van der Waals surface area contributed by atoms with E-state index in [1.54, 1.807) is 0 Å². The van der Waals surface area contributed by atoms with Gasteiger partial charge in [0.25, 0.3) is 0 Å². The standard InChI is InChI=1S/C16H20N2O3/c17-14(16(19)21-12-5-7-20-8-6-12)9-11-10-18-15-4-2-1-3-13(11)15/h1-4,10,12,14,18H,5-9,17H2. The number of hydrogen-bond acceptors (Lipinski definition) is 4. The highest BCUT2D eigenvalue weighted by atomic mass is 16.6. The molecule has 1 aromatic heterocycles. The number of para-hydroxylation sites is 1. The monoisotopic (exact) mass is 288 g/mol. The van der Waals surface area contributed by atoms with Crippen molar-refractivity contribution in [1.82, 2.24) is 4.98 Å². The molecule has 1 fully saturated rings. The number of nitrogens with two attached hydrogens (primary N) is 1. The van der Waals surface area contributed by atoms with Crippen LogP contribution >= 0.6 is 0 Å². The van der Waals surface area contributed by atoms with Gasteiger partial charge in [0.15, 0.2) is 0 Å². The van der Waals surface area contributed by atoms with Crippen LogP contribution in [0, 0.1) is 0 Å². The Morgan fingerprint density at radius 2 is 2.14 bits per heavy atom. The summed E-state index contributed by atoms with van der Waals surface area (Å²) in [5.74, 6) is -0.327. The molecule has 0 saturated carbocycles. The predicted octanol–water partition coefficient (Wildman–Crippen LogP) is 1.76. The topological polar surface area (TPSA) is 77.3 Å². The molecule has 5 heteroatoms. The Hall–Kier alpha value is -1.85. The minimum atomic E-state index is -0.632. The molecule has 1 aromatic carbocycles. The summed E-state index contributed by atoms with van der Waals surface area (Å²) in [7, 11) is 0. The van der Waals surface area contributed by atoms with E-state index in [1.165, 1.54) is 0 Å². The number of aromatic nitrogens is 1. The van der Waals surface area contributed by atoms with Crippen LogP contribution in [0.25, 0.3) is 10.9 Å². The number of carbonyl (C=O) groups is 1. The van der Waals surface area contributed by atoms with E-state index in [1.807, 2.05) is 30.5 Å². The lowest BCUT2D eigenvalue weighted by atomic mass is 10.1. The molecule has 0 radical (unpaired) electrons. The predicted molar refractivity (Wildman–Crippen MR) is 79.9 cm³/mol. The Morgan fingerprint density at radius 1 is 1.38 bits per heavy atom. The molecule has 0 bridgehead atoms. The number of ether oxygens (including phenoxy) is 2. The molecule has 0 aliphatic carbocycles. The maximum absolute atomic E-state index is 12.1. The molecule has 0 spiro atoms. The van der Waals surface area contributed by atoms with Gasteiger partial charge in [-0.1, -0.05) is 18.2 Å². The summed E-state index contributed by atoms with van der Waals surface area (Å²) in [5.41, 5.74) is 8.09. The lowest BCUT2D eigenvalue weighted by molar-refractivity contribution is -0.154. The zero-order valence-electron chi connectivity index (χ0n) is 11.9. The van der Waals surface area contributed by atoms with Gasteiger partial charge < -0.3 is 20.2 Å². The van der Waals surface area contributed by atoms with Crippen molar-refractivity contribution in [3.05, 3.63) is 36.0 Å². The second-order valence-electron chi connectivity index (χ2n) is 5.42. The molecule has 3 rings (SSSR count). The Bertz CT molecular complexity index is 617. The zero-order chi connectivity index (χ0) is 14.7. The zero-order valence-corrected chi connectivity index (χ0v) is 11.9. The summed E-state index contributed by atoms with van der Waals surface area (Å²) in [4.78, 5) is 15.3. The second kappa shape index (κ2) is 6.28. The van der Waals surface area contributed by atoms with Crippen molar-refractivity contribution in [1.29, 1.82) is 0 Å². The van der Waals surface area contributed by atoms with Gasteiger partial charge in [-0.15, -0.1) is 0 Å². The molecular formula is C16H20N2O3. The molecule has 21 heavy (non-hydrogen) atoms. The van der Waals surface area contributed by atoms with E-state index in [9.17, 15) is 4.79 Å². The van der Waals surface area contributed by atoms with Crippen molar-refractivity contribution in [3.63, 3.8) is 0 Å². The van der Waals surface area contributed by atoms with Crippen molar-refractivity contribution in [2.45, 2.75) is 31.4 Å². The number of aromatic amines is 1. The Labute approximate surface area is 123 Å². The van der Waals surface area contributed by atoms with E-state index in [0.717, 1.165) is 29.3 Å². The van der Waals surface area contributed by atoms with Crippen LogP contribution in [-0.4, -0.2) is 36.3 Å². The third kappa shape index (κ3) is 3.25. The first-order valence-corrected chi connectivity index (χ1v) is 7.33. The van der Waals surface area contributed by atoms with E-state index in [4.69, 9.17) is 15.2 Å². The number of H-pyrrole nitrogens is 1. The Balaban J connectivity index is 1.62. The summed E-state index contributed by atoms with van der Waals surface area (Å²) in [6, 6.07) is 7.35. The van der Waals surface area contributed by atoms with Gasteiger partial charge in [0.05, 0.1) is 13.2 Å². The summed E-state index contributed by atoms with van der Waals surface area (Å²) < 4.78 is 10.7. The molecule has 1 unspecified atom stereocenters. The molecule has 0 amide bonds. The molecule has 1 atom stereocenters. The fourth-order valence-corrected chi connectivity index (χ4v) is 2.67. The fraction of sp³-hybridized carbons (Fsp3) is 0.438. The van der Waals surface area contributed by atoms with Gasteiger partial charge >= 0.3 is 5.97 Å². The van der Waals surface area contributed by atoms with Crippen molar-refractivity contribution < 1.29 is 14.3 Å². The summed E-state index contributed by atoms with van der Waals surface area (Å²) >= 11 is 0. The molecule has 5 nitrogen and oxygen atoms in total. The first kappa shape index (κ1) is 14.1. The highest BCUT2D eigenvalue weighted by Gasteiger charge is 2.23. The second-order valence-corrected chi connectivity index (χ2v) is 5.42. The van der Waals surface area contributed by atoms with Crippen LogP contribution in [0.2, 0.25) is 0 Å². The quantitative estimate of drug-likeness (QED) is 0.840. The highest BCUT2D eigenvalue weighted by Crippen LogP contribution is 2.19. The minimum absolute atomic E-state index is 0.0553. The number of rotatable bonds is 4.